The fourth-order valence-electron chi connectivity index (χ4n) is 2.63. The maximum absolute atomic E-state index is 12.1. The van der Waals surface area contributed by atoms with Gasteiger partial charge in [-0.2, -0.15) is 5.10 Å². The van der Waals surface area contributed by atoms with Gasteiger partial charge in [0.25, 0.3) is 0 Å². The Hall–Kier alpha value is -2.80. The maximum atomic E-state index is 12.1. The lowest BCUT2D eigenvalue weighted by Gasteiger charge is -2.05. The van der Waals surface area contributed by atoms with Crippen LogP contribution in [-0.2, 0) is 11.3 Å². The van der Waals surface area contributed by atoms with Crippen molar-refractivity contribution in [2.45, 2.75) is 34.2 Å². The summed E-state index contributed by atoms with van der Waals surface area (Å²) in [5.74, 6) is -0.230. The topological polar surface area (TPSA) is 72.7 Å². The monoisotopic (exact) mass is 367 g/mol. The van der Waals surface area contributed by atoms with Gasteiger partial charge in [0.2, 0.25) is 11.0 Å². The van der Waals surface area contributed by atoms with E-state index in [1.165, 1.54) is 28.5 Å². The van der Waals surface area contributed by atoms with Crippen LogP contribution < -0.4 is 5.32 Å². The molecule has 0 unspecified atom stereocenters. The summed E-state index contributed by atoms with van der Waals surface area (Å²) in [5, 5.41) is 16.4. The van der Waals surface area contributed by atoms with Gasteiger partial charge in [-0.15, -0.1) is 10.2 Å². The van der Waals surface area contributed by atoms with Crippen LogP contribution in [0.15, 0.2) is 30.3 Å². The van der Waals surface area contributed by atoms with Gasteiger partial charge >= 0.3 is 0 Å². The Morgan fingerprint density at radius 2 is 1.88 bits per heavy atom. The lowest BCUT2D eigenvalue weighted by molar-refractivity contribution is -0.111. The van der Waals surface area contributed by atoms with Crippen LogP contribution in [0.25, 0.3) is 6.08 Å². The molecule has 1 aromatic carbocycles. The minimum atomic E-state index is -0.230. The first-order valence-corrected chi connectivity index (χ1v) is 9.13. The summed E-state index contributed by atoms with van der Waals surface area (Å²) in [6.45, 7) is 8.59. The van der Waals surface area contributed by atoms with E-state index in [9.17, 15) is 4.79 Å². The van der Waals surface area contributed by atoms with Gasteiger partial charge < -0.3 is 0 Å². The maximum Gasteiger partial charge on any atom is 0.250 e. The van der Waals surface area contributed by atoms with E-state index in [-0.39, 0.29) is 5.91 Å². The van der Waals surface area contributed by atoms with Crippen molar-refractivity contribution in [3.63, 3.8) is 0 Å². The second-order valence-electron chi connectivity index (χ2n) is 6.18. The third kappa shape index (κ3) is 4.23. The van der Waals surface area contributed by atoms with Gasteiger partial charge in [0.15, 0.2) is 0 Å². The van der Waals surface area contributed by atoms with Crippen LogP contribution in [0, 0.1) is 27.7 Å². The van der Waals surface area contributed by atoms with Crippen molar-refractivity contribution in [3.8, 4) is 0 Å². The highest BCUT2D eigenvalue weighted by Crippen LogP contribution is 2.17. The molecule has 0 aliphatic heterocycles. The molecule has 0 atom stereocenters. The second kappa shape index (κ2) is 7.61. The Kier molecular flexibility index (Phi) is 5.27. The molecule has 26 heavy (non-hydrogen) atoms. The minimum absolute atomic E-state index is 0.230. The first-order valence-electron chi connectivity index (χ1n) is 8.31. The van der Waals surface area contributed by atoms with E-state index >= 15 is 0 Å². The quantitative estimate of drug-likeness (QED) is 0.699. The molecule has 3 rings (SSSR count). The number of nitrogens with zero attached hydrogens (tertiary/aromatic N) is 4. The molecule has 2 heterocycles. The SMILES string of the molecule is Cc1ccc(Cn2nc(C)c(C=CC(=O)Nc3nnc(C)s3)c2C)cc1. The molecule has 1 amide bonds. The number of amides is 1. The number of aromatic nitrogens is 4. The number of carbonyl (C=O) groups is 1. The van der Waals surface area contributed by atoms with Crippen molar-refractivity contribution in [2.24, 2.45) is 0 Å². The zero-order valence-electron chi connectivity index (χ0n) is 15.3. The van der Waals surface area contributed by atoms with Gasteiger partial charge in [0.1, 0.15) is 5.01 Å². The standard InChI is InChI=1S/C19H21N5OS/c1-12-5-7-16(8-6-12)11-24-14(3)17(13(2)23-24)9-10-18(25)20-19-22-21-15(4)26-19/h5-10H,11H2,1-4H3,(H,20,22,25). The predicted molar refractivity (Wildman–Crippen MR) is 104 cm³/mol. The fourth-order valence-corrected chi connectivity index (χ4v) is 3.22. The molecule has 134 valence electrons. The molecule has 7 heteroatoms. The van der Waals surface area contributed by atoms with Crippen molar-refractivity contribution in [2.75, 3.05) is 5.32 Å². The van der Waals surface area contributed by atoms with E-state index in [4.69, 9.17) is 0 Å². The molecular weight excluding hydrogens is 346 g/mol. The van der Waals surface area contributed by atoms with Crippen molar-refractivity contribution < 1.29 is 4.79 Å². The van der Waals surface area contributed by atoms with E-state index < -0.39 is 0 Å². The van der Waals surface area contributed by atoms with Gasteiger partial charge in [0.05, 0.1) is 12.2 Å². The number of anilines is 1. The van der Waals surface area contributed by atoms with Crippen LogP contribution in [-0.4, -0.2) is 25.9 Å². The van der Waals surface area contributed by atoms with E-state index in [2.05, 4.69) is 51.8 Å². The Balaban J connectivity index is 1.72. The van der Waals surface area contributed by atoms with Crippen molar-refractivity contribution in [1.82, 2.24) is 20.0 Å². The minimum Gasteiger partial charge on any atom is -0.297 e. The summed E-state index contributed by atoms with van der Waals surface area (Å²) in [7, 11) is 0. The van der Waals surface area contributed by atoms with Gasteiger partial charge in [-0.1, -0.05) is 41.2 Å². The third-order valence-corrected chi connectivity index (χ3v) is 4.80. The Morgan fingerprint density at radius 3 is 2.54 bits per heavy atom. The van der Waals surface area contributed by atoms with Crippen LogP contribution in [0.4, 0.5) is 5.13 Å². The summed E-state index contributed by atoms with van der Waals surface area (Å²) < 4.78 is 1.96. The molecule has 0 fully saturated rings. The molecule has 1 N–H and O–H groups in total. The van der Waals surface area contributed by atoms with Crippen LogP contribution >= 0.6 is 11.3 Å². The summed E-state index contributed by atoms with van der Waals surface area (Å²) in [4.78, 5) is 12.1. The Labute approximate surface area is 156 Å². The summed E-state index contributed by atoms with van der Waals surface area (Å²) in [6, 6.07) is 8.42. The first kappa shape index (κ1) is 18.0. The number of hydrogen-bond donors (Lipinski definition) is 1. The average Bonchev–Trinajstić information content (AvgIpc) is 3.11. The molecule has 6 nitrogen and oxygen atoms in total. The average molecular weight is 367 g/mol. The first-order chi connectivity index (χ1) is 12.4. The molecule has 0 saturated carbocycles. The Bertz CT molecular complexity index is 953. The normalized spacial score (nSPS) is 11.2. The fraction of sp³-hybridized carbons (Fsp3) is 0.263. The number of aryl methyl sites for hydroxylation is 3. The summed E-state index contributed by atoms with van der Waals surface area (Å²) in [6.07, 6.45) is 3.30. The molecular formula is C19H21N5OS. The smallest absolute Gasteiger partial charge is 0.250 e. The Morgan fingerprint density at radius 1 is 1.15 bits per heavy atom. The van der Waals surface area contributed by atoms with Crippen molar-refractivity contribution in [3.05, 3.63) is 63.4 Å². The summed E-state index contributed by atoms with van der Waals surface area (Å²) in [5.41, 5.74) is 5.31. The van der Waals surface area contributed by atoms with Crippen molar-refractivity contribution >= 4 is 28.5 Å². The van der Waals surface area contributed by atoms with Gasteiger partial charge in [-0.3, -0.25) is 14.8 Å². The number of benzene rings is 1. The van der Waals surface area contributed by atoms with Crippen LogP contribution in [0.5, 0.6) is 0 Å². The highest BCUT2D eigenvalue weighted by atomic mass is 32.1. The predicted octanol–water partition coefficient (Wildman–Crippen LogP) is 3.67. The lowest BCUT2D eigenvalue weighted by Crippen LogP contribution is -2.07. The van der Waals surface area contributed by atoms with E-state index in [0.29, 0.717) is 11.7 Å². The number of rotatable bonds is 5. The van der Waals surface area contributed by atoms with Crippen molar-refractivity contribution in [1.29, 1.82) is 0 Å². The van der Waals surface area contributed by atoms with E-state index in [1.54, 1.807) is 6.08 Å². The highest BCUT2D eigenvalue weighted by molar-refractivity contribution is 7.15. The van der Waals surface area contributed by atoms with Gasteiger partial charge in [0, 0.05) is 17.3 Å². The molecule has 0 bridgehead atoms. The van der Waals surface area contributed by atoms with Crippen LogP contribution in [0.2, 0.25) is 0 Å². The number of nitrogens with one attached hydrogen (secondary N) is 1. The molecule has 0 aliphatic carbocycles. The summed E-state index contributed by atoms with van der Waals surface area (Å²) >= 11 is 1.35. The lowest BCUT2D eigenvalue weighted by atomic mass is 10.1. The zero-order valence-corrected chi connectivity index (χ0v) is 16.1. The molecule has 0 saturated heterocycles. The molecule has 0 spiro atoms. The third-order valence-electron chi connectivity index (χ3n) is 4.05. The van der Waals surface area contributed by atoms with Crippen LogP contribution in [0.3, 0.4) is 0 Å². The largest absolute Gasteiger partial charge is 0.297 e. The number of hydrogen-bond acceptors (Lipinski definition) is 5. The molecule has 0 aliphatic rings. The molecule has 0 radical (unpaired) electrons. The zero-order chi connectivity index (χ0) is 18.7. The molecule has 3 aromatic rings. The van der Waals surface area contributed by atoms with Crippen LogP contribution in [0.1, 0.15) is 33.1 Å². The van der Waals surface area contributed by atoms with E-state index in [1.807, 2.05) is 25.5 Å². The van der Waals surface area contributed by atoms with E-state index in [0.717, 1.165) is 22.0 Å². The van der Waals surface area contributed by atoms with Gasteiger partial charge in [-0.25, -0.2) is 0 Å². The number of carbonyl (C=O) groups excluding carboxylic acids is 1. The molecule has 2 aromatic heterocycles. The second-order valence-corrected chi connectivity index (χ2v) is 7.36. The van der Waals surface area contributed by atoms with Gasteiger partial charge in [-0.05, 0) is 39.3 Å². The highest BCUT2D eigenvalue weighted by Gasteiger charge is 2.10.